The Bertz CT molecular complexity index is 493. The van der Waals surface area contributed by atoms with Gasteiger partial charge < -0.3 is 20.8 Å². The Morgan fingerprint density at radius 3 is 2.70 bits per heavy atom. The van der Waals surface area contributed by atoms with Gasteiger partial charge in [0, 0.05) is 11.7 Å². The average Bonchev–Trinajstić information content (AvgIpc) is 2.38. The summed E-state index contributed by atoms with van der Waals surface area (Å²) in [6.07, 6.45) is 2.85. The van der Waals surface area contributed by atoms with Gasteiger partial charge in [-0.25, -0.2) is 9.59 Å². The Balaban J connectivity index is 2.62. The van der Waals surface area contributed by atoms with Gasteiger partial charge in [-0.3, -0.25) is 0 Å². The molecule has 4 N–H and O–H groups in total. The van der Waals surface area contributed by atoms with E-state index < -0.39 is 12.0 Å². The fourth-order valence-electron chi connectivity index (χ4n) is 1.54. The molecule has 6 nitrogen and oxygen atoms in total. The number of nitrogens with one attached hydrogen (secondary N) is 2. The zero-order valence-electron chi connectivity index (χ0n) is 11.3. The molecule has 20 heavy (non-hydrogen) atoms. The monoisotopic (exact) mass is 298 g/mol. The van der Waals surface area contributed by atoms with E-state index >= 15 is 0 Å². The van der Waals surface area contributed by atoms with E-state index in [1.54, 1.807) is 11.8 Å². The van der Waals surface area contributed by atoms with Crippen molar-refractivity contribution in [2.45, 2.75) is 19.4 Å². The maximum atomic E-state index is 11.7. The quantitative estimate of drug-likeness (QED) is 0.604. The fourth-order valence-corrected chi connectivity index (χ4v) is 2.13. The third-order valence-corrected chi connectivity index (χ3v) is 3.26. The van der Waals surface area contributed by atoms with Crippen LogP contribution in [-0.4, -0.2) is 40.3 Å². The highest BCUT2D eigenvalue weighted by atomic mass is 32.2. The minimum Gasteiger partial charge on any atom is -0.507 e. The Hall–Kier alpha value is -1.89. The average molecular weight is 298 g/mol. The molecule has 110 valence electrons. The SMILES string of the molecule is CSCCC(C)NC(=O)Nc1ccc(O)c(C(=O)O)c1. The summed E-state index contributed by atoms with van der Waals surface area (Å²) in [6, 6.07) is 3.51. The smallest absolute Gasteiger partial charge is 0.339 e. The summed E-state index contributed by atoms with van der Waals surface area (Å²) in [6.45, 7) is 1.90. The highest BCUT2D eigenvalue weighted by molar-refractivity contribution is 7.98. The number of carboxylic acids is 1. The molecule has 2 amide bonds. The number of carbonyl (C=O) groups is 2. The first kappa shape index (κ1) is 16.2. The van der Waals surface area contributed by atoms with Gasteiger partial charge in [0.25, 0.3) is 0 Å². The van der Waals surface area contributed by atoms with E-state index in [4.69, 9.17) is 5.11 Å². The number of anilines is 1. The largest absolute Gasteiger partial charge is 0.507 e. The van der Waals surface area contributed by atoms with Crippen LogP contribution in [-0.2, 0) is 0 Å². The Labute approximate surface area is 121 Å². The molecular formula is C13H18N2O4S. The first-order chi connectivity index (χ1) is 9.43. The number of thioether (sulfide) groups is 1. The lowest BCUT2D eigenvalue weighted by molar-refractivity contribution is 0.0693. The number of phenols is 1. The second-order valence-corrected chi connectivity index (χ2v) is 5.30. The number of benzene rings is 1. The van der Waals surface area contributed by atoms with Crippen molar-refractivity contribution in [2.75, 3.05) is 17.3 Å². The molecule has 0 spiro atoms. The lowest BCUT2D eigenvalue weighted by Gasteiger charge is -2.14. The Morgan fingerprint density at radius 1 is 1.40 bits per heavy atom. The molecule has 0 radical (unpaired) electrons. The molecule has 1 aromatic rings. The van der Waals surface area contributed by atoms with Crippen LogP contribution in [0.15, 0.2) is 18.2 Å². The van der Waals surface area contributed by atoms with E-state index in [2.05, 4.69) is 10.6 Å². The van der Waals surface area contributed by atoms with Gasteiger partial charge in [-0.1, -0.05) is 0 Å². The third-order valence-electron chi connectivity index (χ3n) is 2.62. The number of hydrogen-bond donors (Lipinski definition) is 4. The predicted molar refractivity (Wildman–Crippen MR) is 79.7 cm³/mol. The van der Waals surface area contributed by atoms with Gasteiger partial charge in [0.15, 0.2) is 0 Å². The number of amides is 2. The van der Waals surface area contributed by atoms with E-state index in [-0.39, 0.29) is 17.4 Å². The van der Waals surface area contributed by atoms with Crippen molar-refractivity contribution >= 4 is 29.4 Å². The molecule has 1 aromatic carbocycles. The molecule has 0 saturated carbocycles. The minimum absolute atomic E-state index is 0.0264. The van der Waals surface area contributed by atoms with Crippen LogP contribution in [0.25, 0.3) is 0 Å². The van der Waals surface area contributed by atoms with Crippen molar-refractivity contribution in [3.63, 3.8) is 0 Å². The van der Waals surface area contributed by atoms with Crippen molar-refractivity contribution in [3.8, 4) is 5.75 Å². The summed E-state index contributed by atoms with van der Waals surface area (Å²) >= 11 is 1.70. The van der Waals surface area contributed by atoms with Gasteiger partial charge in [-0.15, -0.1) is 0 Å². The zero-order valence-corrected chi connectivity index (χ0v) is 12.2. The lowest BCUT2D eigenvalue weighted by atomic mass is 10.2. The van der Waals surface area contributed by atoms with Gasteiger partial charge in [0.2, 0.25) is 0 Å². The minimum atomic E-state index is -1.25. The summed E-state index contributed by atoms with van der Waals surface area (Å²) in [5, 5.41) is 23.5. The highest BCUT2D eigenvalue weighted by Crippen LogP contribution is 2.21. The molecule has 1 atom stereocenters. The van der Waals surface area contributed by atoms with Crippen LogP contribution in [0.2, 0.25) is 0 Å². The van der Waals surface area contributed by atoms with E-state index in [0.717, 1.165) is 12.2 Å². The molecule has 0 aliphatic rings. The molecule has 1 unspecified atom stereocenters. The maximum Gasteiger partial charge on any atom is 0.339 e. The number of urea groups is 1. The van der Waals surface area contributed by atoms with Gasteiger partial charge in [0.1, 0.15) is 11.3 Å². The first-order valence-electron chi connectivity index (χ1n) is 6.06. The summed E-state index contributed by atoms with van der Waals surface area (Å²) in [7, 11) is 0. The fraction of sp³-hybridized carbons (Fsp3) is 0.385. The van der Waals surface area contributed by atoms with Crippen LogP contribution in [0.5, 0.6) is 5.75 Å². The number of aromatic carboxylic acids is 1. The number of carboxylic acid groups (broad SMARTS) is 1. The van der Waals surface area contributed by atoms with Crippen molar-refractivity contribution in [1.29, 1.82) is 0 Å². The van der Waals surface area contributed by atoms with Crippen LogP contribution in [0.3, 0.4) is 0 Å². The van der Waals surface area contributed by atoms with E-state index in [0.29, 0.717) is 5.69 Å². The molecule has 0 bridgehead atoms. The first-order valence-corrected chi connectivity index (χ1v) is 7.46. The predicted octanol–water partition coefficient (Wildman–Crippen LogP) is 2.35. The van der Waals surface area contributed by atoms with Gasteiger partial charge in [0.05, 0.1) is 0 Å². The second-order valence-electron chi connectivity index (χ2n) is 4.32. The third kappa shape index (κ3) is 5.00. The molecule has 1 rings (SSSR count). The molecule has 0 heterocycles. The summed E-state index contributed by atoms with van der Waals surface area (Å²) in [5.41, 5.74) is 0.0630. The number of aromatic hydroxyl groups is 1. The van der Waals surface area contributed by atoms with Crippen molar-refractivity contribution in [3.05, 3.63) is 23.8 Å². The molecule has 7 heteroatoms. The molecule has 0 saturated heterocycles. The molecule has 0 aliphatic carbocycles. The van der Waals surface area contributed by atoms with Crippen molar-refractivity contribution in [2.24, 2.45) is 0 Å². The van der Waals surface area contributed by atoms with Gasteiger partial charge in [-0.05, 0) is 43.6 Å². The normalized spacial score (nSPS) is 11.7. The van der Waals surface area contributed by atoms with Crippen LogP contribution < -0.4 is 10.6 Å². The van der Waals surface area contributed by atoms with E-state index in [9.17, 15) is 14.7 Å². The van der Waals surface area contributed by atoms with Crippen molar-refractivity contribution in [1.82, 2.24) is 5.32 Å². The lowest BCUT2D eigenvalue weighted by Crippen LogP contribution is -2.36. The van der Waals surface area contributed by atoms with E-state index in [1.807, 2.05) is 13.2 Å². The summed E-state index contributed by atoms with van der Waals surface area (Å²) in [5.74, 6) is -0.638. The highest BCUT2D eigenvalue weighted by Gasteiger charge is 2.12. The van der Waals surface area contributed by atoms with E-state index in [1.165, 1.54) is 18.2 Å². The zero-order chi connectivity index (χ0) is 15.1. The van der Waals surface area contributed by atoms with Gasteiger partial charge in [-0.2, -0.15) is 11.8 Å². The molecular weight excluding hydrogens is 280 g/mol. The van der Waals surface area contributed by atoms with Crippen LogP contribution in [0.1, 0.15) is 23.7 Å². The maximum absolute atomic E-state index is 11.7. The molecule has 0 aromatic heterocycles. The van der Waals surface area contributed by atoms with Crippen LogP contribution >= 0.6 is 11.8 Å². The molecule has 0 fully saturated rings. The Kier molecular flexibility index (Phi) is 6.17. The topological polar surface area (TPSA) is 98.7 Å². The molecule has 0 aliphatic heterocycles. The number of hydrogen-bond acceptors (Lipinski definition) is 4. The second kappa shape index (κ2) is 7.64. The summed E-state index contributed by atoms with van der Waals surface area (Å²) < 4.78 is 0. The van der Waals surface area contributed by atoms with Gasteiger partial charge >= 0.3 is 12.0 Å². The summed E-state index contributed by atoms with van der Waals surface area (Å²) in [4.78, 5) is 22.6. The van der Waals surface area contributed by atoms with Crippen LogP contribution in [0, 0.1) is 0 Å². The standard InChI is InChI=1S/C13H18N2O4S/c1-8(5-6-20-2)14-13(19)15-9-3-4-11(16)10(7-9)12(17)18/h3-4,7-8,16H,5-6H2,1-2H3,(H,17,18)(H2,14,15,19). The number of carbonyl (C=O) groups excluding carboxylic acids is 1. The Morgan fingerprint density at radius 2 is 2.10 bits per heavy atom. The van der Waals surface area contributed by atoms with Crippen LogP contribution in [0.4, 0.5) is 10.5 Å². The van der Waals surface area contributed by atoms with Crippen molar-refractivity contribution < 1.29 is 19.8 Å². The number of rotatable bonds is 6.